The molecule has 6 heteroatoms. The van der Waals surface area contributed by atoms with Gasteiger partial charge < -0.3 is 5.32 Å². The Hall–Kier alpha value is -0.780. The lowest BCUT2D eigenvalue weighted by molar-refractivity contribution is 0.222. The lowest BCUT2D eigenvalue weighted by atomic mass is 10.00. The summed E-state index contributed by atoms with van der Waals surface area (Å²) in [6.45, 7) is 7.17. The van der Waals surface area contributed by atoms with Crippen molar-refractivity contribution in [3.05, 3.63) is 29.3 Å². The molecule has 2 heterocycles. The SMILES string of the molecule is CCC1(CC)CN(Cc2cccc3c2NCC3)CCS1(=O)=O.Cl. The van der Waals surface area contributed by atoms with Gasteiger partial charge in [-0.2, -0.15) is 0 Å². The quantitative estimate of drug-likeness (QED) is 0.899. The highest BCUT2D eigenvalue weighted by atomic mass is 35.5. The molecule has 1 N–H and O–H groups in total. The van der Waals surface area contributed by atoms with Crippen molar-refractivity contribution < 1.29 is 8.42 Å². The van der Waals surface area contributed by atoms with Gasteiger partial charge in [-0.3, -0.25) is 4.90 Å². The highest BCUT2D eigenvalue weighted by Crippen LogP contribution is 2.33. The van der Waals surface area contributed by atoms with Crippen molar-refractivity contribution >= 4 is 27.9 Å². The summed E-state index contributed by atoms with van der Waals surface area (Å²) in [6.07, 6.45) is 2.49. The van der Waals surface area contributed by atoms with Gasteiger partial charge in [0.2, 0.25) is 0 Å². The highest BCUT2D eigenvalue weighted by Gasteiger charge is 2.45. The van der Waals surface area contributed by atoms with Gasteiger partial charge in [-0.15, -0.1) is 12.4 Å². The molecule has 0 radical (unpaired) electrons. The predicted octanol–water partition coefficient (Wildman–Crippen LogP) is 2.87. The van der Waals surface area contributed by atoms with E-state index in [0.717, 1.165) is 19.5 Å². The standard InChI is InChI=1S/C17H26N2O2S.ClH/c1-3-17(4-2)13-19(10-11-22(17,20)21)12-15-7-5-6-14-8-9-18-16(14)15;/h5-7,18H,3-4,8-13H2,1-2H3;1H. The molecule has 2 aliphatic rings. The Labute approximate surface area is 146 Å². The van der Waals surface area contributed by atoms with Crippen LogP contribution in [0, 0.1) is 0 Å². The zero-order valence-electron chi connectivity index (χ0n) is 14.0. The second-order valence-corrected chi connectivity index (χ2v) is 9.05. The molecular formula is C17H27ClN2O2S. The van der Waals surface area contributed by atoms with Gasteiger partial charge in [-0.05, 0) is 30.4 Å². The van der Waals surface area contributed by atoms with E-state index < -0.39 is 14.6 Å². The summed E-state index contributed by atoms with van der Waals surface area (Å²) in [4.78, 5) is 2.32. The number of rotatable bonds is 4. The van der Waals surface area contributed by atoms with E-state index in [-0.39, 0.29) is 18.2 Å². The lowest BCUT2D eigenvalue weighted by Crippen LogP contribution is -2.55. The molecular weight excluding hydrogens is 332 g/mol. The van der Waals surface area contributed by atoms with Crippen LogP contribution in [0.1, 0.15) is 37.8 Å². The van der Waals surface area contributed by atoms with Gasteiger partial charge in [0.25, 0.3) is 0 Å². The molecule has 4 nitrogen and oxygen atoms in total. The van der Waals surface area contributed by atoms with Gasteiger partial charge in [-0.25, -0.2) is 8.42 Å². The van der Waals surface area contributed by atoms with Gasteiger partial charge in [-0.1, -0.05) is 32.0 Å². The van der Waals surface area contributed by atoms with Crippen LogP contribution in [-0.4, -0.2) is 43.5 Å². The minimum Gasteiger partial charge on any atom is -0.384 e. The summed E-state index contributed by atoms with van der Waals surface area (Å²) in [5, 5.41) is 3.48. The number of anilines is 1. The molecule has 1 saturated heterocycles. The molecule has 0 spiro atoms. The van der Waals surface area contributed by atoms with Crippen molar-refractivity contribution in [2.24, 2.45) is 0 Å². The third kappa shape index (κ3) is 3.24. The van der Waals surface area contributed by atoms with Crippen LogP contribution in [0.5, 0.6) is 0 Å². The third-order valence-corrected chi connectivity index (χ3v) is 8.21. The number of halogens is 1. The van der Waals surface area contributed by atoms with Gasteiger partial charge in [0, 0.05) is 31.9 Å². The maximum Gasteiger partial charge on any atom is 0.158 e. The average molecular weight is 359 g/mol. The molecule has 23 heavy (non-hydrogen) atoms. The molecule has 0 amide bonds. The van der Waals surface area contributed by atoms with Gasteiger partial charge in [0.05, 0.1) is 10.5 Å². The second-order valence-electron chi connectivity index (χ2n) is 6.55. The number of nitrogens with one attached hydrogen (secondary N) is 1. The summed E-state index contributed by atoms with van der Waals surface area (Å²) in [7, 11) is -2.98. The number of fused-ring (bicyclic) bond motifs is 1. The van der Waals surface area contributed by atoms with Gasteiger partial charge >= 0.3 is 0 Å². The van der Waals surface area contributed by atoms with Crippen molar-refractivity contribution in [1.29, 1.82) is 0 Å². The first kappa shape index (κ1) is 18.6. The molecule has 1 fully saturated rings. The molecule has 0 saturated carbocycles. The van der Waals surface area contributed by atoms with E-state index in [4.69, 9.17) is 0 Å². The fourth-order valence-corrected chi connectivity index (χ4v) is 6.07. The molecule has 3 rings (SSSR count). The largest absolute Gasteiger partial charge is 0.384 e. The number of hydrogen-bond acceptors (Lipinski definition) is 4. The maximum absolute atomic E-state index is 12.5. The van der Waals surface area contributed by atoms with Crippen LogP contribution < -0.4 is 5.32 Å². The van der Waals surface area contributed by atoms with E-state index in [1.807, 2.05) is 13.8 Å². The fraction of sp³-hybridized carbons (Fsp3) is 0.647. The van der Waals surface area contributed by atoms with E-state index in [9.17, 15) is 8.42 Å². The Bertz CT molecular complexity index is 657. The first-order chi connectivity index (χ1) is 10.5. The number of nitrogens with zero attached hydrogens (tertiary/aromatic N) is 1. The van der Waals surface area contributed by atoms with Crippen LogP contribution in [0.25, 0.3) is 0 Å². The zero-order valence-corrected chi connectivity index (χ0v) is 15.6. The van der Waals surface area contributed by atoms with Crippen LogP contribution >= 0.6 is 12.4 Å². The third-order valence-electron chi connectivity index (χ3n) is 5.46. The van der Waals surface area contributed by atoms with Crippen LogP contribution in [0.2, 0.25) is 0 Å². The summed E-state index contributed by atoms with van der Waals surface area (Å²) in [5.41, 5.74) is 3.96. The van der Waals surface area contributed by atoms with Crippen LogP contribution in [-0.2, 0) is 22.8 Å². The number of para-hydroxylation sites is 1. The summed E-state index contributed by atoms with van der Waals surface area (Å²) in [5.74, 6) is 0.289. The fourth-order valence-electron chi connectivity index (χ4n) is 3.88. The summed E-state index contributed by atoms with van der Waals surface area (Å²) < 4.78 is 24.5. The zero-order chi connectivity index (χ0) is 15.8. The van der Waals surface area contributed by atoms with Crippen LogP contribution in [0.3, 0.4) is 0 Å². The molecule has 0 aromatic heterocycles. The normalized spacial score (nSPS) is 22.0. The maximum atomic E-state index is 12.5. The number of benzene rings is 1. The Morgan fingerprint density at radius 2 is 2.00 bits per heavy atom. The van der Waals surface area contributed by atoms with Crippen molar-refractivity contribution in [1.82, 2.24) is 4.90 Å². The minimum atomic E-state index is -2.98. The molecule has 1 aromatic carbocycles. The molecule has 130 valence electrons. The lowest BCUT2D eigenvalue weighted by Gasteiger charge is -2.41. The smallest absolute Gasteiger partial charge is 0.158 e. The van der Waals surface area contributed by atoms with Crippen molar-refractivity contribution in [3.63, 3.8) is 0 Å². The van der Waals surface area contributed by atoms with Crippen LogP contribution in [0.4, 0.5) is 5.69 Å². The van der Waals surface area contributed by atoms with Crippen molar-refractivity contribution in [2.45, 2.75) is 44.4 Å². The first-order valence-corrected chi connectivity index (χ1v) is 9.96. The first-order valence-electron chi connectivity index (χ1n) is 8.30. The monoisotopic (exact) mass is 358 g/mol. The van der Waals surface area contributed by atoms with E-state index >= 15 is 0 Å². The highest BCUT2D eigenvalue weighted by molar-refractivity contribution is 7.92. The summed E-state index contributed by atoms with van der Waals surface area (Å²) in [6, 6.07) is 6.47. The minimum absolute atomic E-state index is 0. The van der Waals surface area contributed by atoms with E-state index in [1.165, 1.54) is 16.8 Å². The Balaban J connectivity index is 0.00000192. The number of sulfone groups is 1. The topological polar surface area (TPSA) is 49.4 Å². The van der Waals surface area contributed by atoms with Crippen molar-refractivity contribution in [2.75, 3.05) is 30.7 Å². The Morgan fingerprint density at radius 3 is 2.70 bits per heavy atom. The molecule has 0 bridgehead atoms. The molecule has 0 aliphatic carbocycles. The van der Waals surface area contributed by atoms with E-state index in [0.29, 0.717) is 25.9 Å². The average Bonchev–Trinajstić information content (AvgIpc) is 2.99. The number of hydrogen-bond donors (Lipinski definition) is 1. The van der Waals surface area contributed by atoms with E-state index in [1.54, 1.807) is 0 Å². The summed E-state index contributed by atoms with van der Waals surface area (Å²) >= 11 is 0. The molecule has 0 atom stereocenters. The second kappa shape index (κ2) is 6.99. The molecule has 2 aliphatic heterocycles. The molecule has 1 aromatic rings. The van der Waals surface area contributed by atoms with Gasteiger partial charge in [0.1, 0.15) is 0 Å². The Kier molecular flexibility index (Phi) is 5.64. The van der Waals surface area contributed by atoms with Crippen molar-refractivity contribution in [3.8, 4) is 0 Å². The predicted molar refractivity (Wildman–Crippen MR) is 98.3 cm³/mol. The van der Waals surface area contributed by atoms with E-state index in [2.05, 4.69) is 28.4 Å². The van der Waals surface area contributed by atoms with Gasteiger partial charge in [0.15, 0.2) is 9.84 Å². The van der Waals surface area contributed by atoms with Crippen LogP contribution in [0.15, 0.2) is 18.2 Å². The molecule has 0 unspecified atom stereocenters. The Morgan fingerprint density at radius 1 is 1.26 bits per heavy atom.